The van der Waals surface area contributed by atoms with Crippen LogP contribution < -0.4 is 0 Å². The van der Waals surface area contributed by atoms with E-state index in [-0.39, 0.29) is 11.5 Å². The fourth-order valence-corrected chi connectivity index (χ4v) is 1.42. The number of rotatable bonds is 2. The van der Waals surface area contributed by atoms with Gasteiger partial charge in [0.15, 0.2) is 5.78 Å². The molecule has 0 radical (unpaired) electrons. The number of phenols is 1. The van der Waals surface area contributed by atoms with Crippen molar-refractivity contribution >= 4 is 5.78 Å². The van der Waals surface area contributed by atoms with E-state index < -0.39 is 0 Å². The summed E-state index contributed by atoms with van der Waals surface area (Å²) in [6.07, 6.45) is 2.99. The average molecular weight is 202 g/mol. The second-order valence-corrected chi connectivity index (χ2v) is 3.19. The number of imidazole rings is 1. The fraction of sp³-hybridized carbons (Fsp3) is 0.0909. The first-order valence-corrected chi connectivity index (χ1v) is 4.52. The molecule has 4 nitrogen and oxygen atoms in total. The van der Waals surface area contributed by atoms with E-state index in [9.17, 15) is 9.90 Å². The minimum Gasteiger partial charge on any atom is -0.506 e. The van der Waals surface area contributed by atoms with Crippen LogP contribution in [0.1, 0.15) is 17.4 Å². The van der Waals surface area contributed by atoms with Gasteiger partial charge in [-0.1, -0.05) is 12.1 Å². The van der Waals surface area contributed by atoms with Gasteiger partial charge in [0.05, 0.1) is 18.2 Å². The summed E-state index contributed by atoms with van der Waals surface area (Å²) in [6, 6.07) is 6.81. The van der Waals surface area contributed by atoms with E-state index in [1.807, 2.05) is 0 Å². The summed E-state index contributed by atoms with van der Waals surface area (Å²) >= 11 is 0. The van der Waals surface area contributed by atoms with Crippen molar-refractivity contribution in [1.29, 1.82) is 0 Å². The van der Waals surface area contributed by atoms with Crippen molar-refractivity contribution in [2.45, 2.75) is 6.92 Å². The van der Waals surface area contributed by atoms with E-state index in [4.69, 9.17) is 0 Å². The highest BCUT2D eigenvalue weighted by atomic mass is 16.3. The predicted molar refractivity (Wildman–Crippen MR) is 55.2 cm³/mol. The number of para-hydroxylation sites is 2. The summed E-state index contributed by atoms with van der Waals surface area (Å²) in [7, 11) is 0. The quantitative estimate of drug-likeness (QED) is 0.755. The maximum Gasteiger partial charge on any atom is 0.178 e. The number of hydrogen-bond acceptors (Lipinski definition) is 3. The minimum absolute atomic E-state index is 0.0873. The molecular weight excluding hydrogens is 192 g/mol. The molecule has 1 aromatic heterocycles. The summed E-state index contributed by atoms with van der Waals surface area (Å²) in [5.74, 6) is 0.0359. The van der Waals surface area contributed by atoms with Gasteiger partial charge in [-0.05, 0) is 12.1 Å². The number of hydrogen-bond donors (Lipinski definition) is 1. The Hall–Kier alpha value is -2.10. The van der Waals surface area contributed by atoms with Gasteiger partial charge in [0, 0.05) is 6.92 Å². The van der Waals surface area contributed by atoms with E-state index in [1.54, 1.807) is 28.8 Å². The van der Waals surface area contributed by atoms with Crippen molar-refractivity contribution in [2.24, 2.45) is 0 Å². The molecule has 0 unspecified atom stereocenters. The number of phenolic OH excluding ortho intramolecular Hbond substituents is 1. The van der Waals surface area contributed by atoms with Crippen LogP contribution in [0.2, 0.25) is 0 Å². The summed E-state index contributed by atoms with van der Waals surface area (Å²) < 4.78 is 1.57. The lowest BCUT2D eigenvalue weighted by atomic mass is 10.2. The second kappa shape index (κ2) is 3.57. The Balaban J connectivity index is 2.59. The van der Waals surface area contributed by atoms with Crippen LogP contribution in [0.3, 0.4) is 0 Å². The molecule has 4 heteroatoms. The van der Waals surface area contributed by atoms with Crippen molar-refractivity contribution in [1.82, 2.24) is 9.55 Å². The topological polar surface area (TPSA) is 55.1 Å². The highest BCUT2D eigenvalue weighted by Crippen LogP contribution is 2.21. The number of benzene rings is 1. The first-order chi connectivity index (χ1) is 7.20. The zero-order valence-corrected chi connectivity index (χ0v) is 8.21. The lowest BCUT2D eigenvalue weighted by Crippen LogP contribution is -2.03. The van der Waals surface area contributed by atoms with Gasteiger partial charge in [0.1, 0.15) is 11.4 Å². The number of carbonyl (C=O) groups excluding carboxylic acids is 1. The molecular formula is C11H10N2O2. The number of nitrogens with zero attached hydrogens (tertiary/aromatic N) is 2. The van der Waals surface area contributed by atoms with Gasteiger partial charge in [0.25, 0.3) is 0 Å². The van der Waals surface area contributed by atoms with Gasteiger partial charge >= 0.3 is 0 Å². The Kier molecular flexibility index (Phi) is 2.25. The van der Waals surface area contributed by atoms with Crippen LogP contribution in [-0.4, -0.2) is 20.4 Å². The maximum absolute atomic E-state index is 11.3. The Bertz CT molecular complexity index is 503. The van der Waals surface area contributed by atoms with E-state index >= 15 is 0 Å². The van der Waals surface area contributed by atoms with E-state index in [0.29, 0.717) is 11.4 Å². The first kappa shape index (κ1) is 9.45. The molecule has 0 spiro atoms. The van der Waals surface area contributed by atoms with Crippen LogP contribution in [0.4, 0.5) is 0 Å². The monoisotopic (exact) mass is 202 g/mol. The van der Waals surface area contributed by atoms with Crippen LogP contribution in [-0.2, 0) is 0 Å². The molecule has 1 aromatic carbocycles. The lowest BCUT2D eigenvalue weighted by Gasteiger charge is -2.07. The van der Waals surface area contributed by atoms with Crippen LogP contribution in [0.15, 0.2) is 36.8 Å². The molecule has 0 bridgehead atoms. The molecule has 0 aliphatic rings. The molecule has 76 valence electrons. The molecule has 1 N–H and O–H groups in total. The zero-order valence-electron chi connectivity index (χ0n) is 8.21. The van der Waals surface area contributed by atoms with Gasteiger partial charge in [-0.25, -0.2) is 4.98 Å². The third kappa shape index (κ3) is 1.61. The number of ketones is 1. The lowest BCUT2D eigenvalue weighted by molar-refractivity contribution is 0.101. The van der Waals surface area contributed by atoms with Crippen LogP contribution in [0, 0.1) is 0 Å². The van der Waals surface area contributed by atoms with Gasteiger partial charge in [-0.2, -0.15) is 0 Å². The third-order valence-electron chi connectivity index (χ3n) is 2.14. The standard InChI is InChI=1S/C11H10N2O2/c1-8(14)10-6-12-7-13(10)9-4-2-3-5-11(9)15/h2-7,15H,1H3. The second-order valence-electron chi connectivity index (χ2n) is 3.19. The molecule has 0 atom stereocenters. The molecule has 2 rings (SSSR count). The summed E-state index contributed by atoms with van der Waals surface area (Å²) in [5, 5.41) is 9.63. The van der Waals surface area contributed by atoms with Gasteiger partial charge in [-0.3, -0.25) is 9.36 Å². The van der Waals surface area contributed by atoms with Crippen molar-refractivity contribution in [3.8, 4) is 11.4 Å². The van der Waals surface area contributed by atoms with E-state index in [2.05, 4.69) is 4.98 Å². The fourth-order valence-electron chi connectivity index (χ4n) is 1.42. The Morgan fingerprint density at radius 1 is 1.40 bits per heavy atom. The van der Waals surface area contributed by atoms with Crippen molar-refractivity contribution in [3.63, 3.8) is 0 Å². The van der Waals surface area contributed by atoms with Gasteiger partial charge in [-0.15, -0.1) is 0 Å². The highest BCUT2D eigenvalue weighted by molar-refractivity contribution is 5.92. The molecule has 0 amide bonds. The van der Waals surface area contributed by atoms with Crippen LogP contribution in [0.25, 0.3) is 5.69 Å². The predicted octanol–water partition coefficient (Wildman–Crippen LogP) is 1.78. The number of aromatic hydroxyl groups is 1. The Morgan fingerprint density at radius 2 is 2.13 bits per heavy atom. The maximum atomic E-state index is 11.3. The Labute approximate surface area is 86.8 Å². The average Bonchev–Trinajstić information content (AvgIpc) is 2.67. The van der Waals surface area contributed by atoms with E-state index in [1.165, 1.54) is 19.4 Å². The van der Waals surface area contributed by atoms with Crippen molar-refractivity contribution in [3.05, 3.63) is 42.5 Å². The third-order valence-corrected chi connectivity index (χ3v) is 2.14. The molecule has 1 heterocycles. The van der Waals surface area contributed by atoms with Crippen LogP contribution >= 0.6 is 0 Å². The number of aromatic nitrogens is 2. The number of Topliss-reactive ketones (excluding diaryl/α,β-unsaturated/α-hetero) is 1. The molecule has 0 aliphatic heterocycles. The van der Waals surface area contributed by atoms with Crippen molar-refractivity contribution in [2.75, 3.05) is 0 Å². The smallest absolute Gasteiger partial charge is 0.178 e. The number of carbonyl (C=O) groups is 1. The van der Waals surface area contributed by atoms with Crippen LogP contribution in [0.5, 0.6) is 5.75 Å². The van der Waals surface area contributed by atoms with Crippen molar-refractivity contribution < 1.29 is 9.90 Å². The minimum atomic E-state index is -0.0873. The van der Waals surface area contributed by atoms with Gasteiger partial charge < -0.3 is 5.11 Å². The Morgan fingerprint density at radius 3 is 2.80 bits per heavy atom. The SMILES string of the molecule is CC(=O)c1cncn1-c1ccccc1O. The molecule has 15 heavy (non-hydrogen) atoms. The summed E-state index contributed by atoms with van der Waals surface area (Å²) in [6.45, 7) is 1.47. The largest absolute Gasteiger partial charge is 0.506 e. The molecule has 0 fully saturated rings. The summed E-state index contributed by atoms with van der Waals surface area (Å²) in [5.41, 5.74) is 1.01. The van der Waals surface area contributed by atoms with E-state index in [0.717, 1.165) is 0 Å². The molecule has 0 saturated carbocycles. The normalized spacial score (nSPS) is 10.2. The zero-order chi connectivity index (χ0) is 10.8. The molecule has 0 aliphatic carbocycles. The van der Waals surface area contributed by atoms with Gasteiger partial charge in [0.2, 0.25) is 0 Å². The molecule has 0 saturated heterocycles. The first-order valence-electron chi connectivity index (χ1n) is 4.52. The molecule has 2 aromatic rings. The highest BCUT2D eigenvalue weighted by Gasteiger charge is 2.10. The summed E-state index contributed by atoms with van der Waals surface area (Å²) in [4.78, 5) is 15.2.